The van der Waals surface area contributed by atoms with Gasteiger partial charge in [-0.2, -0.15) is 0 Å². The lowest BCUT2D eigenvalue weighted by Gasteiger charge is -2.17. The predicted octanol–water partition coefficient (Wildman–Crippen LogP) is 5.55. The van der Waals surface area contributed by atoms with Gasteiger partial charge in [0.15, 0.2) is 11.5 Å². The summed E-state index contributed by atoms with van der Waals surface area (Å²) in [5.41, 5.74) is 3.09. The summed E-state index contributed by atoms with van der Waals surface area (Å²) >= 11 is 1.65. The summed E-state index contributed by atoms with van der Waals surface area (Å²) in [4.78, 5) is 22.9. The van der Waals surface area contributed by atoms with Crippen LogP contribution in [0.1, 0.15) is 29.3 Å². The van der Waals surface area contributed by atoms with Crippen molar-refractivity contribution in [3.8, 4) is 28.6 Å². The van der Waals surface area contributed by atoms with Gasteiger partial charge in [-0.3, -0.25) is 4.79 Å². The molecule has 0 fully saturated rings. The van der Waals surface area contributed by atoms with Crippen LogP contribution in [0.5, 0.6) is 17.2 Å². The summed E-state index contributed by atoms with van der Waals surface area (Å²) in [7, 11) is 1.60. The maximum atomic E-state index is 13.0. The molecule has 0 spiro atoms. The minimum absolute atomic E-state index is 0.0698. The maximum Gasteiger partial charge on any atom is 0.260 e. The number of aryl methyl sites for hydroxylation is 2. The van der Waals surface area contributed by atoms with E-state index < -0.39 is 0 Å². The molecule has 0 saturated heterocycles. The van der Waals surface area contributed by atoms with E-state index in [1.54, 1.807) is 18.4 Å². The third-order valence-corrected chi connectivity index (χ3v) is 7.38. The number of hydrogen-bond acceptors (Lipinski definition) is 6. The van der Waals surface area contributed by atoms with Crippen LogP contribution < -0.4 is 19.8 Å². The first-order chi connectivity index (χ1) is 16.5. The Morgan fingerprint density at radius 1 is 1.09 bits per heavy atom. The number of benzene rings is 2. The van der Waals surface area contributed by atoms with Gasteiger partial charge in [0.2, 0.25) is 0 Å². The molecule has 0 radical (unpaired) electrons. The summed E-state index contributed by atoms with van der Waals surface area (Å²) in [6, 6.07) is 13.5. The summed E-state index contributed by atoms with van der Waals surface area (Å²) in [6.07, 6.45) is 3.10. The Morgan fingerprint density at radius 3 is 2.68 bits per heavy atom. The van der Waals surface area contributed by atoms with E-state index in [0.717, 1.165) is 40.8 Å². The average molecular weight is 477 g/mol. The molecule has 1 aliphatic carbocycles. The molecule has 176 valence electrons. The van der Waals surface area contributed by atoms with Crippen LogP contribution in [-0.2, 0) is 12.8 Å². The standard InChI is InChI=1S/C27H28N2O4S/c1-16-4-8-19(9-5-16)32-12-13-33-21-11-7-18(15-22(21)31-3)25-28-26(30)24-20-10-6-17(2)14-23(20)34-27(24)29-25/h4-5,7-9,11,15,17H,6,10,12-14H2,1-3H3,(H,28,29,30)/t17-/m1/s1. The average Bonchev–Trinajstić information content (AvgIpc) is 3.20. The smallest absolute Gasteiger partial charge is 0.260 e. The monoisotopic (exact) mass is 476 g/mol. The van der Waals surface area contributed by atoms with Crippen molar-refractivity contribution in [2.75, 3.05) is 20.3 Å². The fourth-order valence-corrected chi connectivity index (χ4v) is 5.75. The van der Waals surface area contributed by atoms with Crippen molar-refractivity contribution in [1.82, 2.24) is 9.97 Å². The topological polar surface area (TPSA) is 73.4 Å². The zero-order chi connectivity index (χ0) is 23.7. The van der Waals surface area contributed by atoms with Gasteiger partial charge in [0.05, 0.1) is 12.5 Å². The highest BCUT2D eigenvalue weighted by Gasteiger charge is 2.23. The van der Waals surface area contributed by atoms with Crippen LogP contribution in [-0.4, -0.2) is 30.3 Å². The molecule has 5 rings (SSSR count). The number of rotatable bonds is 7. The Balaban J connectivity index is 1.33. The fraction of sp³-hybridized carbons (Fsp3) is 0.333. The van der Waals surface area contributed by atoms with Crippen molar-refractivity contribution in [3.05, 3.63) is 68.8 Å². The van der Waals surface area contributed by atoms with Gasteiger partial charge in [0.1, 0.15) is 29.6 Å². The summed E-state index contributed by atoms with van der Waals surface area (Å²) < 4.78 is 17.2. The third kappa shape index (κ3) is 4.53. The first-order valence-corrected chi connectivity index (χ1v) is 12.4. The van der Waals surface area contributed by atoms with Gasteiger partial charge in [0, 0.05) is 10.4 Å². The molecule has 2 aromatic heterocycles. The molecule has 34 heavy (non-hydrogen) atoms. The first kappa shape index (κ1) is 22.5. The number of hydrogen-bond donors (Lipinski definition) is 1. The van der Waals surface area contributed by atoms with Crippen LogP contribution in [0.4, 0.5) is 0 Å². The van der Waals surface area contributed by atoms with Crippen LogP contribution in [0, 0.1) is 12.8 Å². The molecule has 1 atom stereocenters. The molecule has 2 aromatic carbocycles. The molecule has 1 N–H and O–H groups in total. The van der Waals surface area contributed by atoms with E-state index in [4.69, 9.17) is 19.2 Å². The molecule has 7 heteroatoms. The van der Waals surface area contributed by atoms with Crippen LogP contribution in [0.15, 0.2) is 47.3 Å². The number of methoxy groups -OCH3 is 1. The number of nitrogens with zero attached hydrogens (tertiary/aromatic N) is 1. The summed E-state index contributed by atoms with van der Waals surface area (Å²) in [5, 5.41) is 0.760. The van der Waals surface area contributed by atoms with Crippen molar-refractivity contribution in [3.63, 3.8) is 0 Å². The molecule has 0 unspecified atom stereocenters. The van der Waals surface area contributed by atoms with E-state index in [1.165, 1.54) is 16.0 Å². The molecule has 0 amide bonds. The van der Waals surface area contributed by atoms with Crippen LogP contribution in [0.2, 0.25) is 0 Å². The quantitative estimate of drug-likeness (QED) is 0.354. The van der Waals surface area contributed by atoms with E-state index in [1.807, 2.05) is 49.4 Å². The number of aromatic amines is 1. The van der Waals surface area contributed by atoms with Crippen LogP contribution >= 0.6 is 11.3 Å². The number of aromatic nitrogens is 2. The SMILES string of the molecule is COc1cc(-c2nc3sc4c(c3c(=O)[nH]2)CC[C@@H](C)C4)ccc1OCCOc1ccc(C)cc1. The van der Waals surface area contributed by atoms with Gasteiger partial charge in [-0.05, 0) is 68.0 Å². The number of nitrogens with one attached hydrogen (secondary N) is 1. The van der Waals surface area contributed by atoms with Gasteiger partial charge in [-0.25, -0.2) is 4.98 Å². The predicted molar refractivity (Wildman–Crippen MR) is 136 cm³/mol. The largest absolute Gasteiger partial charge is 0.493 e. The zero-order valence-electron chi connectivity index (χ0n) is 19.6. The summed E-state index contributed by atoms with van der Waals surface area (Å²) in [5.74, 6) is 3.19. The Labute approximate surface area is 202 Å². The van der Waals surface area contributed by atoms with Crippen LogP contribution in [0.25, 0.3) is 21.6 Å². The maximum absolute atomic E-state index is 13.0. The van der Waals surface area contributed by atoms with Gasteiger partial charge in [-0.1, -0.05) is 24.6 Å². The van der Waals surface area contributed by atoms with E-state index in [0.29, 0.717) is 36.5 Å². The van der Waals surface area contributed by atoms with E-state index in [2.05, 4.69) is 11.9 Å². The molecule has 1 aliphatic rings. The second kappa shape index (κ2) is 9.50. The van der Waals surface area contributed by atoms with E-state index in [9.17, 15) is 4.79 Å². The van der Waals surface area contributed by atoms with Gasteiger partial charge < -0.3 is 19.2 Å². The van der Waals surface area contributed by atoms with Crippen molar-refractivity contribution >= 4 is 21.6 Å². The Morgan fingerprint density at radius 2 is 1.88 bits per heavy atom. The lowest BCUT2D eigenvalue weighted by atomic mass is 9.89. The van der Waals surface area contributed by atoms with Crippen molar-refractivity contribution in [2.45, 2.75) is 33.1 Å². The molecule has 0 bridgehead atoms. The van der Waals surface area contributed by atoms with Crippen molar-refractivity contribution < 1.29 is 14.2 Å². The van der Waals surface area contributed by atoms with E-state index >= 15 is 0 Å². The van der Waals surface area contributed by atoms with Gasteiger partial charge >= 0.3 is 0 Å². The highest BCUT2D eigenvalue weighted by atomic mass is 32.1. The lowest BCUT2D eigenvalue weighted by Crippen LogP contribution is -2.13. The summed E-state index contributed by atoms with van der Waals surface area (Å²) in [6.45, 7) is 5.10. The minimum Gasteiger partial charge on any atom is -0.493 e. The Bertz CT molecular complexity index is 1370. The Hall–Kier alpha value is -3.32. The molecule has 0 aliphatic heterocycles. The second-order valence-corrected chi connectivity index (χ2v) is 9.91. The number of H-pyrrole nitrogens is 1. The van der Waals surface area contributed by atoms with Crippen molar-refractivity contribution in [2.24, 2.45) is 5.92 Å². The fourth-order valence-electron chi connectivity index (χ4n) is 4.37. The zero-order valence-corrected chi connectivity index (χ0v) is 20.5. The Kier molecular flexibility index (Phi) is 6.28. The highest BCUT2D eigenvalue weighted by molar-refractivity contribution is 7.18. The van der Waals surface area contributed by atoms with E-state index in [-0.39, 0.29) is 5.56 Å². The van der Waals surface area contributed by atoms with Crippen molar-refractivity contribution in [1.29, 1.82) is 0 Å². The number of fused-ring (bicyclic) bond motifs is 3. The lowest BCUT2D eigenvalue weighted by molar-refractivity contribution is 0.211. The molecule has 6 nitrogen and oxygen atoms in total. The molecular weight excluding hydrogens is 448 g/mol. The van der Waals surface area contributed by atoms with Gasteiger partial charge in [0.25, 0.3) is 5.56 Å². The molecular formula is C27H28N2O4S. The molecule has 2 heterocycles. The second-order valence-electron chi connectivity index (χ2n) is 8.82. The third-order valence-electron chi connectivity index (χ3n) is 6.23. The minimum atomic E-state index is -0.0698. The molecule has 0 saturated carbocycles. The number of ether oxygens (including phenoxy) is 3. The highest BCUT2D eigenvalue weighted by Crippen LogP contribution is 2.37. The number of thiophene rings is 1. The van der Waals surface area contributed by atoms with Crippen LogP contribution in [0.3, 0.4) is 0 Å². The van der Waals surface area contributed by atoms with Gasteiger partial charge in [-0.15, -0.1) is 11.3 Å². The first-order valence-electron chi connectivity index (χ1n) is 11.6. The normalized spacial score (nSPS) is 15.2. The molecule has 4 aromatic rings.